The van der Waals surface area contributed by atoms with Crippen LogP contribution in [0, 0.1) is 0 Å². The van der Waals surface area contributed by atoms with Crippen molar-refractivity contribution in [3.8, 4) is 34.0 Å². The molecule has 2 aromatic heterocycles. The summed E-state index contributed by atoms with van der Waals surface area (Å²) in [6.45, 7) is 4.24. The number of aryl methyl sites for hydroxylation is 2. The second-order valence-corrected chi connectivity index (χ2v) is 12.0. The number of amides is 2. The maximum absolute atomic E-state index is 12.8. The lowest BCUT2D eigenvalue weighted by Gasteiger charge is -2.08. The number of nitrogens with one attached hydrogen (secondary N) is 2. The van der Waals surface area contributed by atoms with Crippen LogP contribution in [-0.2, 0) is 12.8 Å². The molecular weight excluding hydrogens is 601 g/mol. The first kappa shape index (κ1) is 29.9. The molecular formula is C36H30N4O3S2. The lowest BCUT2D eigenvalue weighted by atomic mass is 10.1. The predicted octanol–water partition coefficient (Wildman–Crippen LogP) is 9.36. The first-order chi connectivity index (χ1) is 22.0. The molecule has 0 saturated carbocycles. The fourth-order valence-electron chi connectivity index (χ4n) is 4.57. The highest BCUT2D eigenvalue weighted by molar-refractivity contribution is 7.14. The number of anilines is 2. The maximum Gasteiger partial charge on any atom is 0.257 e. The van der Waals surface area contributed by atoms with Crippen LogP contribution in [-0.4, -0.2) is 21.8 Å². The minimum absolute atomic E-state index is 0.249. The SMILES string of the molecule is CCc1ccc(-c2csc(NC(=O)c3ccc(Oc4ccc(C(=O)Nc5nc(-c6ccc(CC)cc6)cs5)cc4)cc3)n2)cc1. The fraction of sp³-hybridized carbons (Fsp3) is 0.111. The van der Waals surface area contributed by atoms with E-state index in [1.54, 1.807) is 48.5 Å². The molecule has 0 fully saturated rings. The Morgan fingerprint density at radius 3 is 1.31 bits per heavy atom. The van der Waals surface area contributed by atoms with Crippen molar-refractivity contribution in [2.24, 2.45) is 0 Å². The van der Waals surface area contributed by atoms with Gasteiger partial charge in [-0.3, -0.25) is 20.2 Å². The third kappa shape index (κ3) is 7.34. The summed E-state index contributed by atoms with van der Waals surface area (Å²) in [6.07, 6.45) is 1.97. The van der Waals surface area contributed by atoms with Gasteiger partial charge in [-0.15, -0.1) is 22.7 Å². The highest BCUT2D eigenvalue weighted by Crippen LogP contribution is 2.28. The van der Waals surface area contributed by atoms with E-state index in [4.69, 9.17) is 4.74 Å². The quantitative estimate of drug-likeness (QED) is 0.157. The van der Waals surface area contributed by atoms with Gasteiger partial charge in [-0.05, 0) is 72.5 Å². The molecule has 0 aliphatic carbocycles. The van der Waals surface area contributed by atoms with Crippen LogP contribution < -0.4 is 15.4 Å². The number of carbonyl (C=O) groups excluding carboxylic acids is 2. The molecule has 0 bridgehead atoms. The van der Waals surface area contributed by atoms with Crippen LogP contribution in [0.25, 0.3) is 22.5 Å². The van der Waals surface area contributed by atoms with Crippen molar-refractivity contribution in [1.29, 1.82) is 0 Å². The number of hydrogen-bond acceptors (Lipinski definition) is 7. The van der Waals surface area contributed by atoms with E-state index >= 15 is 0 Å². The van der Waals surface area contributed by atoms with Gasteiger partial charge in [-0.25, -0.2) is 9.97 Å². The standard InChI is InChI=1S/C36H30N4O3S2/c1-3-23-5-9-25(10-6-23)31-21-44-35(37-31)39-33(41)27-13-17-29(18-14-27)43-30-19-15-28(16-20-30)34(42)40-36-38-32(22-45-36)26-11-7-24(4-2)8-12-26/h5-22H,3-4H2,1-2H3,(H,37,39,41)(H,38,40,42). The molecule has 6 rings (SSSR count). The second kappa shape index (κ2) is 13.7. The Bertz CT molecular complexity index is 1770. The zero-order valence-electron chi connectivity index (χ0n) is 24.7. The Kier molecular flexibility index (Phi) is 9.09. The summed E-state index contributed by atoms with van der Waals surface area (Å²) in [5.41, 5.74) is 7.20. The van der Waals surface area contributed by atoms with Gasteiger partial charge in [0, 0.05) is 33.0 Å². The van der Waals surface area contributed by atoms with Crippen LogP contribution in [0.3, 0.4) is 0 Å². The molecule has 6 aromatic rings. The number of benzene rings is 4. The monoisotopic (exact) mass is 630 g/mol. The van der Waals surface area contributed by atoms with Gasteiger partial charge in [0.25, 0.3) is 11.8 Å². The Hall–Kier alpha value is -5.12. The molecule has 0 unspecified atom stereocenters. The van der Waals surface area contributed by atoms with E-state index in [1.807, 2.05) is 35.0 Å². The highest BCUT2D eigenvalue weighted by atomic mass is 32.1. The average Bonchev–Trinajstić information content (AvgIpc) is 3.75. The van der Waals surface area contributed by atoms with Crippen LogP contribution in [0.5, 0.6) is 11.5 Å². The van der Waals surface area contributed by atoms with E-state index in [2.05, 4.69) is 58.7 Å². The zero-order valence-corrected chi connectivity index (χ0v) is 26.4. The third-order valence-electron chi connectivity index (χ3n) is 7.23. The maximum atomic E-state index is 12.8. The first-order valence-corrected chi connectivity index (χ1v) is 16.3. The summed E-state index contributed by atoms with van der Waals surface area (Å²) in [4.78, 5) is 34.8. The molecule has 0 aliphatic rings. The molecule has 45 heavy (non-hydrogen) atoms. The van der Waals surface area contributed by atoms with Crippen LogP contribution in [0.4, 0.5) is 10.3 Å². The van der Waals surface area contributed by atoms with Gasteiger partial charge in [0.05, 0.1) is 11.4 Å². The van der Waals surface area contributed by atoms with Gasteiger partial charge in [0.15, 0.2) is 10.3 Å². The molecule has 9 heteroatoms. The molecule has 0 spiro atoms. The highest BCUT2D eigenvalue weighted by Gasteiger charge is 2.13. The summed E-state index contributed by atoms with van der Waals surface area (Å²) in [7, 11) is 0. The van der Waals surface area contributed by atoms with Crippen LogP contribution in [0.2, 0.25) is 0 Å². The molecule has 2 N–H and O–H groups in total. The van der Waals surface area contributed by atoms with E-state index in [0.29, 0.717) is 32.9 Å². The molecule has 224 valence electrons. The van der Waals surface area contributed by atoms with Crippen molar-refractivity contribution in [3.05, 3.63) is 130 Å². The van der Waals surface area contributed by atoms with Crippen molar-refractivity contribution >= 4 is 44.8 Å². The number of nitrogens with zero attached hydrogens (tertiary/aromatic N) is 2. The minimum atomic E-state index is -0.249. The fourth-order valence-corrected chi connectivity index (χ4v) is 6.00. The van der Waals surface area contributed by atoms with Crippen LogP contribution >= 0.6 is 22.7 Å². The lowest BCUT2D eigenvalue weighted by Crippen LogP contribution is -2.11. The Labute approximate surface area is 269 Å². The summed E-state index contributed by atoms with van der Waals surface area (Å²) >= 11 is 2.78. The smallest absolute Gasteiger partial charge is 0.257 e. The summed E-state index contributed by atoms with van der Waals surface area (Å²) < 4.78 is 5.94. The molecule has 7 nitrogen and oxygen atoms in total. The van der Waals surface area contributed by atoms with E-state index in [0.717, 1.165) is 35.4 Å². The third-order valence-corrected chi connectivity index (χ3v) is 8.75. The number of thiazole rings is 2. The normalized spacial score (nSPS) is 10.8. The van der Waals surface area contributed by atoms with E-state index in [1.165, 1.54) is 33.8 Å². The van der Waals surface area contributed by atoms with Gasteiger partial charge in [0.2, 0.25) is 0 Å². The number of ether oxygens (including phenoxy) is 1. The van der Waals surface area contributed by atoms with Gasteiger partial charge >= 0.3 is 0 Å². The van der Waals surface area contributed by atoms with Gasteiger partial charge < -0.3 is 4.74 Å². The molecule has 2 amide bonds. The molecule has 0 saturated heterocycles. The number of hydrogen-bond donors (Lipinski definition) is 2. The van der Waals surface area contributed by atoms with Crippen molar-refractivity contribution < 1.29 is 14.3 Å². The van der Waals surface area contributed by atoms with Crippen molar-refractivity contribution in [1.82, 2.24) is 9.97 Å². The van der Waals surface area contributed by atoms with E-state index in [-0.39, 0.29) is 11.8 Å². The molecule has 0 atom stereocenters. The lowest BCUT2D eigenvalue weighted by molar-refractivity contribution is 0.101. The summed E-state index contributed by atoms with van der Waals surface area (Å²) in [6, 6.07) is 30.3. The Morgan fingerprint density at radius 2 is 0.956 bits per heavy atom. The van der Waals surface area contributed by atoms with Crippen LogP contribution in [0.15, 0.2) is 108 Å². The Morgan fingerprint density at radius 1 is 0.578 bits per heavy atom. The molecule has 2 heterocycles. The molecule has 0 aliphatic heterocycles. The summed E-state index contributed by atoms with van der Waals surface area (Å²) in [5.74, 6) is 0.637. The number of rotatable bonds is 10. The summed E-state index contributed by atoms with van der Waals surface area (Å²) in [5, 5.41) is 10.7. The topological polar surface area (TPSA) is 93.2 Å². The second-order valence-electron chi connectivity index (χ2n) is 10.2. The van der Waals surface area contributed by atoms with Crippen molar-refractivity contribution in [2.75, 3.05) is 10.6 Å². The van der Waals surface area contributed by atoms with Crippen molar-refractivity contribution in [3.63, 3.8) is 0 Å². The number of aromatic nitrogens is 2. The largest absolute Gasteiger partial charge is 0.457 e. The van der Waals surface area contributed by atoms with Crippen molar-refractivity contribution in [2.45, 2.75) is 26.7 Å². The first-order valence-electron chi connectivity index (χ1n) is 14.6. The molecule has 4 aromatic carbocycles. The van der Waals surface area contributed by atoms with Gasteiger partial charge in [-0.1, -0.05) is 62.4 Å². The van der Waals surface area contributed by atoms with Crippen LogP contribution in [0.1, 0.15) is 45.7 Å². The molecule has 0 radical (unpaired) electrons. The van der Waals surface area contributed by atoms with Gasteiger partial charge in [0.1, 0.15) is 11.5 Å². The zero-order chi connectivity index (χ0) is 31.2. The Balaban J connectivity index is 1.02. The predicted molar refractivity (Wildman–Crippen MR) is 183 cm³/mol. The van der Waals surface area contributed by atoms with E-state index in [9.17, 15) is 9.59 Å². The van der Waals surface area contributed by atoms with E-state index < -0.39 is 0 Å². The minimum Gasteiger partial charge on any atom is -0.457 e. The number of carbonyl (C=O) groups is 2. The van der Waals surface area contributed by atoms with Gasteiger partial charge in [-0.2, -0.15) is 0 Å². The average molecular weight is 631 g/mol.